The van der Waals surface area contributed by atoms with E-state index in [9.17, 15) is 15.0 Å². The van der Waals surface area contributed by atoms with Gasteiger partial charge in [0.15, 0.2) is 0 Å². The molecule has 2 aliphatic rings. The number of hydrogen-bond acceptors (Lipinski definition) is 4. The highest BCUT2D eigenvalue weighted by Crippen LogP contribution is 2.29. The van der Waals surface area contributed by atoms with Gasteiger partial charge in [0.05, 0.1) is 18.9 Å². The maximum Gasteiger partial charge on any atom is 0.240 e. The molecule has 0 bridgehead atoms. The van der Waals surface area contributed by atoms with Gasteiger partial charge in [-0.1, -0.05) is 12.2 Å². The molecule has 2 rings (SSSR count). The predicted octanol–water partition coefficient (Wildman–Crippen LogP) is -0.462. The number of aliphatic hydroxyl groups excluding tert-OH is 2. The van der Waals surface area contributed by atoms with E-state index in [0.29, 0.717) is 19.4 Å². The van der Waals surface area contributed by atoms with Gasteiger partial charge in [0.25, 0.3) is 0 Å². The number of allylic oxidation sites excluding steroid dienone is 2. The highest BCUT2D eigenvalue weighted by molar-refractivity contribution is 5.77. The first-order valence-electron chi connectivity index (χ1n) is 5.37. The van der Waals surface area contributed by atoms with Crippen molar-refractivity contribution in [2.24, 2.45) is 5.41 Å². The molecule has 0 aromatic heterocycles. The summed E-state index contributed by atoms with van der Waals surface area (Å²) in [5, 5.41) is 20.2. The molecule has 5 heteroatoms. The Kier molecular flexibility index (Phi) is 2.98. The van der Waals surface area contributed by atoms with Crippen LogP contribution >= 0.6 is 0 Å². The summed E-state index contributed by atoms with van der Waals surface area (Å²) in [5.41, 5.74) is 3.11. The molecule has 1 amide bonds. The summed E-state index contributed by atoms with van der Waals surface area (Å²) in [6.45, 7) is 0.520. The van der Waals surface area contributed by atoms with Crippen LogP contribution in [0.2, 0.25) is 0 Å². The molecule has 1 fully saturated rings. The van der Waals surface area contributed by atoms with Crippen LogP contribution in [0.15, 0.2) is 23.9 Å². The lowest BCUT2D eigenvalue weighted by Gasteiger charge is -2.30. The summed E-state index contributed by atoms with van der Waals surface area (Å²) in [4.78, 5) is 11.1. The first kappa shape index (κ1) is 11.2. The second kappa shape index (κ2) is 4.27. The van der Waals surface area contributed by atoms with Crippen molar-refractivity contribution in [2.75, 3.05) is 19.8 Å². The first-order valence-corrected chi connectivity index (χ1v) is 5.37. The van der Waals surface area contributed by atoms with Gasteiger partial charge in [0.1, 0.15) is 0 Å². The van der Waals surface area contributed by atoms with Crippen molar-refractivity contribution in [1.29, 1.82) is 0 Å². The zero-order valence-corrected chi connectivity index (χ0v) is 9.02. The number of hydrogen-bond donors (Lipinski definition) is 3. The number of rotatable bonds is 3. The average Bonchev–Trinajstić information content (AvgIpc) is 2.76. The van der Waals surface area contributed by atoms with Crippen LogP contribution in [0.3, 0.4) is 0 Å². The topological polar surface area (TPSA) is 72.8 Å². The fourth-order valence-corrected chi connectivity index (χ4v) is 1.86. The van der Waals surface area contributed by atoms with Crippen molar-refractivity contribution in [3.8, 4) is 0 Å². The molecule has 1 heterocycles. The lowest BCUT2D eigenvalue weighted by molar-refractivity contribution is -0.120. The number of aliphatic hydroxyl groups is 2. The van der Waals surface area contributed by atoms with Crippen molar-refractivity contribution in [3.05, 3.63) is 23.9 Å². The third-order valence-corrected chi connectivity index (χ3v) is 3.09. The minimum Gasteiger partial charge on any atom is -0.395 e. The van der Waals surface area contributed by atoms with Gasteiger partial charge in [-0.25, -0.2) is 0 Å². The molecule has 0 saturated carbocycles. The predicted molar refractivity (Wildman–Crippen MR) is 57.9 cm³/mol. The molecule has 0 aromatic rings. The summed E-state index contributed by atoms with van der Waals surface area (Å²) in [6, 6.07) is 0. The lowest BCUT2D eigenvalue weighted by Crippen LogP contribution is -2.35. The number of nitrogens with zero attached hydrogens (tertiary/aromatic N) is 1. The molecular formula is C11H16N2O3. The first-order chi connectivity index (χ1) is 7.69. The van der Waals surface area contributed by atoms with Crippen molar-refractivity contribution >= 4 is 5.91 Å². The lowest BCUT2D eigenvalue weighted by atomic mass is 9.82. The van der Waals surface area contributed by atoms with Crippen LogP contribution in [0.5, 0.6) is 0 Å². The van der Waals surface area contributed by atoms with E-state index in [1.54, 1.807) is 5.01 Å². The van der Waals surface area contributed by atoms with E-state index in [0.717, 1.165) is 5.70 Å². The van der Waals surface area contributed by atoms with Crippen molar-refractivity contribution in [1.82, 2.24) is 10.4 Å². The van der Waals surface area contributed by atoms with Crippen molar-refractivity contribution < 1.29 is 15.0 Å². The molecule has 88 valence electrons. The number of carbonyl (C=O) groups is 1. The third-order valence-electron chi connectivity index (χ3n) is 3.09. The Morgan fingerprint density at radius 3 is 2.62 bits per heavy atom. The van der Waals surface area contributed by atoms with E-state index in [1.807, 2.05) is 18.2 Å². The fraction of sp³-hybridized carbons (Fsp3) is 0.545. The molecular weight excluding hydrogens is 208 g/mol. The maximum atomic E-state index is 11.1. The Hall–Kier alpha value is -1.33. The molecule has 16 heavy (non-hydrogen) atoms. The Balaban J connectivity index is 2.04. The molecule has 0 unspecified atom stereocenters. The number of hydrazine groups is 1. The van der Waals surface area contributed by atoms with Crippen LogP contribution in [0, 0.1) is 5.41 Å². The second-order valence-electron chi connectivity index (χ2n) is 4.28. The van der Waals surface area contributed by atoms with Gasteiger partial charge in [0.2, 0.25) is 5.91 Å². The van der Waals surface area contributed by atoms with E-state index in [4.69, 9.17) is 0 Å². The normalized spacial score (nSPS) is 23.2. The standard InChI is InChI=1S/C11H16N2O3/c14-7-11(8-15)4-1-9(2-5-11)13-6-3-10(16)12-13/h1-2,4,14-15H,3,5-8H2,(H,12,16). The van der Waals surface area contributed by atoms with Gasteiger partial charge in [-0.2, -0.15) is 0 Å². The minimum atomic E-state index is -0.548. The van der Waals surface area contributed by atoms with Crippen LogP contribution in [-0.2, 0) is 4.79 Å². The number of nitrogens with one attached hydrogen (secondary N) is 1. The van der Waals surface area contributed by atoms with Gasteiger partial charge in [-0.15, -0.1) is 0 Å². The van der Waals surface area contributed by atoms with Crippen molar-refractivity contribution in [2.45, 2.75) is 12.8 Å². The van der Waals surface area contributed by atoms with E-state index >= 15 is 0 Å². The van der Waals surface area contributed by atoms with Gasteiger partial charge >= 0.3 is 0 Å². The minimum absolute atomic E-state index is 0.0236. The fourth-order valence-electron chi connectivity index (χ4n) is 1.86. The van der Waals surface area contributed by atoms with Crippen LogP contribution in [0.4, 0.5) is 0 Å². The molecule has 1 aliphatic carbocycles. The Morgan fingerprint density at radius 1 is 1.44 bits per heavy atom. The SMILES string of the molecule is O=C1CCN(C2=CCC(CO)(CO)C=C2)N1. The van der Waals surface area contributed by atoms with Gasteiger partial charge in [-0.3, -0.25) is 15.2 Å². The summed E-state index contributed by atoms with van der Waals surface area (Å²) >= 11 is 0. The van der Waals surface area contributed by atoms with Crippen LogP contribution in [0.1, 0.15) is 12.8 Å². The zero-order valence-electron chi connectivity index (χ0n) is 9.02. The molecule has 1 aliphatic heterocycles. The van der Waals surface area contributed by atoms with Crippen LogP contribution in [-0.4, -0.2) is 40.9 Å². The molecule has 3 N–H and O–H groups in total. The highest BCUT2D eigenvalue weighted by Gasteiger charge is 2.29. The number of amides is 1. The van der Waals surface area contributed by atoms with E-state index < -0.39 is 5.41 Å². The quantitative estimate of drug-likeness (QED) is 0.606. The summed E-state index contributed by atoms with van der Waals surface area (Å²) in [7, 11) is 0. The molecule has 0 atom stereocenters. The van der Waals surface area contributed by atoms with E-state index in [1.165, 1.54) is 0 Å². The molecule has 0 spiro atoms. The van der Waals surface area contributed by atoms with Gasteiger partial charge in [-0.05, 0) is 12.5 Å². The van der Waals surface area contributed by atoms with Crippen molar-refractivity contribution in [3.63, 3.8) is 0 Å². The third kappa shape index (κ3) is 1.96. The largest absolute Gasteiger partial charge is 0.395 e. The number of carbonyl (C=O) groups excluding carboxylic acids is 1. The maximum absolute atomic E-state index is 11.1. The van der Waals surface area contributed by atoms with Crippen LogP contribution in [0.25, 0.3) is 0 Å². The summed E-state index contributed by atoms with van der Waals surface area (Å²) < 4.78 is 0. The monoisotopic (exact) mass is 224 g/mol. The van der Waals surface area contributed by atoms with E-state index in [-0.39, 0.29) is 19.1 Å². The molecule has 0 radical (unpaired) electrons. The van der Waals surface area contributed by atoms with Crippen LogP contribution < -0.4 is 5.43 Å². The Labute approximate surface area is 94.0 Å². The molecule has 0 aromatic carbocycles. The van der Waals surface area contributed by atoms with Gasteiger partial charge < -0.3 is 10.2 Å². The average molecular weight is 224 g/mol. The second-order valence-corrected chi connectivity index (χ2v) is 4.28. The highest BCUT2D eigenvalue weighted by atomic mass is 16.3. The molecule has 5 nitrogen and oxygen atoms in total. The summed E-state index contributed by atoms with van der Waals surface area (Å²) in [5.74, 6) is 0.0236. The smallest absolute Gasteiger partial charge is 0.240 e. The Morgan fingerprint density at radius 2 is 2.19 bits per heavy atom. The van der Waals surface area contributed by atoms with Gasteiger partial charge in [0, 0.05) is 18.4 Å². The summed E-state index contributed by atoms with van der Waals surface area (Å²) in [6.07, 6.45) is 6.67. The Bertz CT molecular complexity index is 345. The molecule has 1 saturated heterocycles. The van der Waals surface area contributed by atoms with E-state index in [2.05, 4.69) is 5.43 Å². The zero-order chi connectivity index (χ0) is 11.6.